The van der Waals surface area contributed by atoms with Crippen LogP contribution in [0, 0.1) is 18.6 Å². The SMILES string of the molecule is Cc1ccc(CN2CCCn3cccc3C2c2ccc(F)cc2F)cc1. The molecule has 0 aliphatic carbocycles. The van der Waals surface area contributed by atoms with E-state index in [0.717, 1.165) is 37.8 Å². The monoisotopic (exact) mass is 352 g/mol. The molecule has 0 saturated heterocycles. The van der Waals surface area contributed by atoms with Crippen LogP contribution in [0.2, 0.25) is 0 Å². The molecule has 2 heterocycles. The second-order valence-corrected chi connectivity index (χ2v) is 7.00. The fourth-order valence-corrected chi connectivity index (χ4v) is 3.82. The Bertz CT molecular complexity index is 899. The van der Waals surface area contributed by atoms with Crippen molar-refractivity contribution in [1.29, 1.82) is 0 Å². The molecule has 1 aliphatic heterocycles. The van der Waals surface area contributed by atoms with Gasteiger partial charge in [-0.25, -0.2) is 8.78 Å². The summed E-state index contributed by atoms with van der Waals surface area (Å²) < 4.78 is 30.3. The average Bonchev–Trinajstić information content (AvgIpc) is 3.00. The van der Waals surface area contributed by atoms with Gasteiger partial charge in [-0.2, -0.15) is 0 Å². The van der Waals surface area contributed by atoms with Crippen LogP contribution >= 0.6 is 0 Å². The van der Waals surface area contributed by atoms with Crippen molar-refractivity contribution in [3.63, 3.8) is 0 Å². The van der Waals surface area contributed by atoms with Crippen molar-refractivity contribution in [1.82, 2.24) is 9.47 Å². The lowest BCUT2D eigenvalue weighted by Crippen LogP contribution is -2.30. The number of rotatable bonds is 3. The van der Waals surface area contributed by atoms with Crippen molar-refractivity contribution in [2.24, 2.45) is 0 Å². The first kappa shape index (κ1) is 17.0. The summed E-state index contributed by atoms with van der Waals surface area (Å²) in [5.74, 6) is -1.03. The van der Waals surface area contributed by atoms with Gasteiger partial charge in [-0.3, -0.25) is 4.90 Å². The predicted molar refractivity (Wildman–Crippen MR) is 98.8 cm³/mol. The van der Waals surface area contributed by atoms with Crippen LogP contribution in [0.1, 0.15) is 34.8 Å². The first-order valence-corrected chi connectivity index (χ1v) is 9.01. The largest absolute Gasteiger partial charge is 0.350 e. The summed E-state index contributed by atoms with van der Waals surface area (Å²) in [4.78, 5) is 2.29. The van der Waals surface area contributed by atoms with Crippen LogP contribution in [0.5, 0.6) is 0 Å². The smallest absolute Gasteiger partial charge is 0.131 e. The molecular formula is C22H22F2N2. The van der Waals surface area contributed by atoms with E-state index in [1.54, 1.807) is 6.07 Å². The molecule has 1 aromatic heterocycles. The second kappa shape index (κ2) is 7.04. The number of benzene rings is 2. The van der Waals surface area contributed by atoms with Crippen LogP contribution in [0.25, 0.3) is 0 Å². The Morgan fingerprint density at radius 3 is 2.58 bits per heavy atom. The Morgan fingerprint density at radius 1 is 1.00 bits per heavy atom. The van der Waals surface area contributed by atoms with Gasteiger partial charge >= 0.3 is 0 Å². The molecule has 0 saturated carbocycles. The van der Waals surface area contributed by atoms with Gasteiger partial charge in [0.25, 0.3) is 0 Å². The van der Waals surface area contributed by atoms with E-state index in [4.69, 9.17) is 0 Å². The molecule has 1 unspecified atom stereocenters. The van der Waals surface area contributed by atoms with Gasteiger partial charge < -0.3 is 4.57 Å². The van der Waals surface area contributed by atoms with Gasteiger partial charge in [0.05, 0.1) is 6.04 Å². The van der Waals surface area contributed by atoms with Crippen molar-refractivity contribution in [2.75, 3.05) is 6.54 Å². The molecule has 26 heavy (non-hydrogen) atoms. The van der Waals surface area contributed by atoms with Gasteiger partial charge in [-0.1, -0.05) is 35.9 Å². The first-order chi connectivity index (χ1) is 12.6. The predicted octanol–water partition coefficient (Wildman–Crippen LogP) is 5.07. The lowest BCUT2D eigenvalue weighted by molar-refractivity contribution is 0.216. The molecule has 2 nitrogen and oxygen atoms in total. The third-order valence-electron chi connectivity index (χ3n) is 5.12. The quantitative estimate of drug-likeness (QED) is 0.639. The fourth-order valence-electron chi connectivity index (χ4n) is 3.82. The summed E-state index contributed by atoms with van der Waals surface area (Å²) in [5, 5.41) is 0. The molecule has 0 bridgehead atoms. The van der Waals surface area contributed by atoms with Gasteiger partial charge in [0.15, 0.2) is 0 Å². The van der Waals surface area contributed by atoms with Crippen molar-refractivity contribution in [2.45, 2.75) is 32.5 Å². The molecular weight excluding hydrogens is 330 g/mol. The van der Waals surface area contributed by atoms with E-state index in [0.29, 0.717) is 5.56 Å². The zero-order valence-electron chi connectivity index (χ0n) is 14.8. The molecule has 4 heteroatoms. The zero-order valence-corrected chi connectivity index (χ0v) is 14.8. The number of fused-ring (bicyclic) bond motifs is 1. The highest BCUT2D eigenvalue weighted by Gasteiger charge is 2.29. The molecule has 4 rings (SSSR count). The highest BCUT2D eigenvalue weighted by Crippen LogP contribution is 2.34. The van der Waals surface area contributed by atoms with Crippen molar-refractivity contribution >= 4 is 0 Å². The Morgan fingerprint density at radius 2 is 1.81 bits per heavy atom. The van der Waals surface area contributed by atoms with E-state index >= 15 is 0 Å². The number of halogens is 2. The second-order valence-electron chi connectivity index (χ2n) is 7.00. The number of aryl methyl sites for hydroxylation is 2. The Labute approximate surface area is 152 Å². The van der Waals surface area contributed by atoms with Crippen LogP contribution < -0.4 is 0 Å². The molecule has 0 radical (unpaired) electrons. The minimum atomic E-state index is -0.541. The normalized spacial score (nSPS) is 17.7. The summed E-state index contributed by atoms with van der Waals surface area (Å²) in [6.45, 7) is 4.56. The molecule has 0 N–H and O–H groups in total. The Balaban J connectivity index is 1.76. The van der Waals surface area contributed by atoms with Gasteiger partial charge in [0, 0.05) is 43.2 Å². The third kappa shape index (κ3) is 3.29. The third-order valence-corrected chi connectivity index (χ3v) is 5.12. The van der Waals surface area contributed by atoms with Crippen LogP contribution in [0.4, 0.5) is 8.78 Å². The lowest BCUT2D eigenvalue weighted by atomic mass is 10.00. The maximum absolute atomic E-state index is 14.7. The zero-order chi connectivity index (χ0) is 18.1. The average molecular weight is 352 g/mol. The first-order valence-electron chi connectivity index (χ1n) is 9.01. The maximum atomic E-state index is 14.7. The number of aromatic nitrogens is 1. The van der Waals surface area contributed by atoms with E-state index < -0.39 is 11.6 Å². The Kier molecular flexibility index (Phi) is 4.60. The summed E-state index contributed by atoms with van der Waals surface area (Å²) >= 11 is 0. The Hall–Kier alpha value is -2.46. The standard InChI is InChI=1S/C22H22F2N2/c1-16-5-7-17(8-6-16)15-26-13-3-12-25-11-2-4-21(25)22(26)19-10-9-18(23)14-20(19)24/h2,4-11,14,22H,3,12-13,15H2,1H3. The fraction of sp³-hybridized carbons (Fsp3) is 0.273. The van der Waals surface area contributed by atoms with E-state index in [-0.39, 0.29) is 6.04 Å². The number of hydrogen-bond donors (Lipinski definition) is 0. The van der Waals surface area contributed by atoms with Gasteiger partial charge in [0.1, 0.15) is 11.6 Å². The minimum Gasteiger partial charge on any atom is -0.350 e. The van der Waals surface area contributed by atoms with Crippen LogP contribution in [0.3, 0.4) is 0 Å². The number of hydrogen-bond acceptors (Lipinski definition) is 1. The summed E-state index contributed by atoms with van der Waals surface area (Å²) in [6, 6.07) is 16.2. The topological polar surface area (TPSA) is 8.17 Å². The molecule has 134 valence electrons. The van der Waals surface area contributed by atoms with E-state index in [2.05, 4.69) is 40.7 Å². The molecule has 1 atom stereocenters. The van der Waals surface area contributed by atoms with Crippen molar-refractivity contribution in [3.8, 4) is 0 Å². The molecule has 0 spiro atoms. The van der Waals surface area contributed by atoms with Crippen molar-refractivity contribution in [3.05, 3.63) is 94.8 Å². The molecule has 0 amide bonds. The maximum Gasteiger partial charge on any atom is 0.131 e. The highest BCUT2D eigenvalue weighted by atomic mass is 19.1. The molecule has 0 fully saturated rings. The molecule has 3 aromatic rings. The molecule has 1 aliphatic rings. The van der Waals surface area contributed by atoms with Gasteiger partial charge in [-0.15, -0.1) is 0 Å². The molecule has 2 aromatic carbocycles. The van der Waals surface area contributed by atoms with E-state index in [1.165, 1.54) is 17.2 Å². The summed E-state index contributed by atoms with van der Waals surface area (Å²) in [6.07, 6.45) is 3.03. The van der Waals surface area contributed by atoms with Crippen LogP contribution in [-0.4, -0.2) is 16.0 Å². The van der Waals surface area contributed by atoms with E-state index in [9.17, 15) is 8.78 Å². The van der Waals surface area contributed by atoms with Crippen LogP contribution in [0.15, 0.2) is 60.8 Å². The summed E-state index contributed by atoms with van der Waals surface area (Å²) in [5.41, 5.74) is 4.00. The lowest BCUT2D eigenvalue weighted by Gasteiger charge is -2.31. The van der Waals surface area contributed by atoms with Crippen molar-refractivity contribution < 1.29 is 8.78 Å². The minimum absolute atomic E-state index is 0.227. The van der Waals surface area contributed by atoms with E-state index in [1.807, 2.05) is 18.3 Å². The van der Waals surface area contributed by atoms with Crippen LogP contribution in [-0.2, 0) is 13.1 Å². The number of nitrogens with zero attached hydrogens (tertiary/aromatic N) is 2. The summed E-state index contributed by atoms with van der Waals surface area (Å²) in [7, 11) is 0. The highest BCUT2D eigenvalue weighted by molar-refractivity contribution is 5.32. The van der Waals surface area contributed by atoms with Gasteiger partial charge in [-0.05, 0) is 37.1 Å². The van der Waals surface area contributed by atoms with Gasteiger partial charge in [0.2, 0.25) is 0 Å².